The predicted molar refractivity (Wildman–Crippen MR) is 62.4 cm³/mol. The molecule has 0 N–H and O–H groups in total. The first-order valence-corrected chi connectivity index (χ1v) is 6.62. The third kappa shape index (κ3) is 3.15. The number of allylic oxidation sites excluding steroid dienone is 2. The number of hydrogen-bond acceptors (Lipinski definition) is 0. The van der Waals surface area contributed by atoms with E-state index in [0.29, 0.717) is 5.41 Å². The van der Waals surface area contributed by atoms with Crippen LogP contribution < -0.4 is 0 Å². The summed E-state index contributed by atoms with van der Waals surface area (Å²) < 4.78 is 0. The molecule has 0 saturated heterocycles. The summed E-state index contributed by atoms with van der Waals surface area (Å²) in [4.78, 5) is 0. The molecule has 0 aromatic rings. The van der Waals surface area contributed by atoms with Gasteiger partial charge in [0.15, 0.2) is 0 Å². The Morgan fingerprint density at radius 1 is 0.500 bits per heavy atom. The quantitative estimate of drug-likeness (QED) is 0.481. The summed E-state index contributed by atoms with van der Waals surface area (Å²) in [5, 5.41) is 0. The maximum absolute atomic E-state index is 2.46. The molecular formula is C14H24. The largest absolute Gasteiger partial charge is 0.0777 e. The Hall–Kier alpha value is -0.260. The number of hydrogen-bond donors (Lipinski definition) is 0. The SMILES string of the molecule is C1=CC12CCCCCCCCCCC2. The lowest BCUT2D eigenvalue weighted by Crippen LogP contribution is -2.03. The molecule has 0 amide bonds. The van der Waals surface area contributed by atoms with Gasteiger partial charge in [-0.25, -0.2) is 0 Å². The van der Waals surface area contributed by atoms with Gasteiger partial charge in [-0.3, -0.25) is 0 Å². The maximum atomic E-state index is 2.46. The van der Waals surface area contributed by atoms with Crippen LogP contribution >= 0.6 is 0 Å². The first-order chi connectivity index (χ1) is 6.91. The molecule has 0 aromatic heterocycles. The molecule has 0 nitrogen and oxygen atoms in total. The van der Waals surface area contributed by atoms with Crippen LogP contribution in [0.2, 0.25) is 0 Å². The molecule has 2 aliphatic carbocycles. The van der Waals surface area contributed by atoms with Crippen LogP contribution in [0.25, 0.3) is 0 Å². The lowest BCUT2D eigenvalue weighted by molar-refractivity contribution is 0.409. The molecular weight excluding hydrogens is 168 g/mol. The van der Waals surface area contributed by atoms with Crippen molar-refractivity contribution < 1.29 is 0 Å². The highest BCUT2D eigenvalue weighted by Crippen LogP contribution is 2.45. The highest BCUT2D eigenvalue weighted by molar-refractivity contribution is 5.25. The molecule has 2 aliphatic rings. The third-order valence-corrected chi connectivity index (χ3v) is 3.92. The average Bonchev–Trinajstić information content (AvgIpc) is 2.92. The second-order valence-electron chi connectivity index (χ2n) is 5.25. The zero-order valence-electron chi connectivity index (χ0n) is 9.43. The van der Waals surface area contributed by atoms with E-state index >= 15 is 0 Å². The summed E-state index contributed by atoms with van der Waals surface area (Å²) in [7, 11) is 0. The molecule has 14 heavy (non-hydrogen) atoms. The van der Waals surface area contributed by atoms with Gasteiger partial charge in [0, 0.05) is 5.41 Å². The van der Waals surface area contributed by atoms with Crippen molar-refractivity contribution in [2.45, 2.75) is 70.6 Å². The molecule has 2 rings (SSSR count). The van der Waals surface area contributed by atoms with E-state index in [9.17, 15) is 0 Å². The van der Waals surface area contributed by atoms with Crippen LogP contribution in [0.4, 0.5) is 0 Å². The van der Waals surface area contributed by atoms with Crippen molar-refractivity contribution in [2.24, 2.45) is 5.41 Å². The van der Waals surface area contributed by atoms with Crippen LogP contribution in [-0.2, 0) is 0 Å². The maximum Gasteiger partial charge on any atom is 0.00615 e. The first-order valence-electron chi connectivity index (χ1n) is 6.62. The van der Waals surface area contributed by atoms with Crippen LogP contribution in [0.5, 0.6) is 0 Å². The van der Waals surface area contributed by atoms with Gasteiger partial charge < -0.3 is 0 Å². The van der Waals surface area contributed by atoms with Crippen molar-refractivity contribution in [3.8, 4) is 0 Å². The highest BCUT2D eigenvalue weighted by atomic mass is 14.4. The lowest BCUT2D eigenvalue weighted by Gasteiger charge is -2.16. The lowest BCUT2D eigenvalue weighted by atomic mass is 9.88. The predicted octanol–water partition coefficient (Wildman–Crippen LogP) is 4.85. The molecule has 0 radical (unpaired) electrons. The highest BCUT2D eigenvalue weighted by Gasteiger charge is 2.32. The monoisotopic (exact) mass is 192 g/mol. The molecule has 0 heterocycles. The van der Waals surface area contributed by atoms with Crippen molar-refractivity contribution in [1.82, 2.24) is 0 Å². The van der Waals surface area contributed by atoms with E-state index in [1.807, 2.05) is 0 Å². The molecule has 1 saturated carbocycles. The second-order valence-corrected chi connectivity index (χ2v) is 5.25. The first kappa shape index (κ1) is 10.3. The van der Waals surface area contributed by atoms with E-state index in [4.69, 9.17) is 0 Å². The van der Waals surface area contributed by atoms with Crippen molar-refractivity contribution in [3.05, 3.63) is 12.2 Å². The minimum absolute atomic E-state index is 0.624. The van der Waals surface area contributed by atoms with Crippen molar-refractivity contribution in [3.63, 3.8) is 0 Å². The zero-order chi connectivity index (χ0) is 9.69. The Balaban J connectivity index is 1.71. The Labute approximate surface area is 88.8 Å². The van der Waals surface area contributed by atoms with E-state index in [-0.39, 0.29) is 0 Å². The average molecular weight is 192 g/mol. The summed E-state index contributed by atoms with van der Waals surface area (Å²) >= 11 is 0. The summed E-state index contributed by atoms with van der Waals surface area (Å²) in [6, 6.07) is 0. The van der Waals surface area contributed by atoms with Gasteiger partial charge >= 0.3 is 0 Å². The molecule has 80 valence electrons. The summed E-state index contributed by atoms with van der Waals surface area (Å²) in [5.41, 5.74) is 0.624. The molecule has 0 aromatic carbocycles. The van der Waals surface area contributed by atoms with Gasteiger partial charge in [0.05, 0.1) is 0 Å². The van der Waals surface area contributed by atoms with Crippen LogP contribution in [0.1, 0.15) is 70.6 Å². The van der Waals surface area contributed by atoms with Gasteiger partial charge in [-0.1, -0.05) is 69.9 Å². The van der Waals surface area contributed by atoms with Crippen LogP contribution in [-0.4, -0.2) is 0 Å². The van der Waals surface area contributed by atoms with Crippen LogP contribution in [0.3, 0.4) is 0 Å². The fraction of sp³-hybridized carbons (Fsp3) is 0.857. The van der Waals surface area contributed by atoms with E-state index in [1.165, 1.54) is 70.6 Å². The molecule has 0 heteroatoms. The summed E-state index contributed by atoms with van der Waals surface area (Å²) in [5.74, 6) is 0. The van der Waals surface area contributed by atoms with Gasteiger partial charge in [-0.15, -0.1) is 0 Å². The van der Waals surface area contributed by atoms with E-state index in [1.54, 1.807) is 0 Å². The van der Waals surface area contributed by atoms with Gasteiger partial charge in [-0.2, -0.15) is 0 Å². The number of rotatable bonds is 0. The Bertz CT molecular complexity index is 170. The van der Waals surface area contributed by atoms with E-state index < -0.39 is 0 Å². The summed E-state index contributed by atoms with van der Waals surface area (Å²) in [6.07, 6.45) is 21.1. The summed E-state index contributed by atoms with van der Waals surface area (Å²) in [6.45, 7) is 0. The minimum Gasteiger partial charge on any atom is -0.0777 e. The Morgan fingerprint density at radius 2 is 0.857 bits per heavy atom. The third-order valence-electron chi connectivity index (χ3n) is 3.92. The van der Waals surface area contributed by atoms with E-state index in [0.717, 1.165) is 0 Å². The Morgan fingerprint density at radius 3 is 1.21 bits per heavy atom. The topological polar surface area (TPSA) is 0 Å². The standard InChI is InChI=1S/C14H24/c1-2-4-6-8-10-14(12-13-14)11-9-7-5-3-1/h12-13H,1-11H2. The van der Waals surface area contributed by atoms with Crippen LogP contribution in [0.15, 0.2) is 12.2 Å². The minimum atomic E-state index is 0.624. The molecule has 1 fully saturated rings. The van der Waals surface area contributed by atoms with Crippen molar-refractivity contribution in [1.29, 1.82) is 0 Å². The zero-order valence-corrected chi connectivity index (χ0v) is 9.43. The van der Waals surface area contributed by atoms with Crippen molar-refractivity contribution >= 4 is 0 Å². The van der Waals surface area contributed by atoms with E-state index in [2.05, 4.69) is 12.2 Å². The van der Waals surface area contributed by atoms with Gasteiger partial charge in [-0.05, 0) is 12.8 Å². The van der Waals surface area contributed by atoms with Crippen LogP contribution in [0, 0.1) is 5.41 Å². The fourth-order valence-corrected chi connectivity index (χ4v) is 2.72. The van der Waals surface area contributed by atoms with Gasteiger partial charge in [0.1, 0.15) is 0 Å². The van der Waals surface area contributed by atoms with Gasteiger partial charge in [0.25, 0.3) is 0 Å². The molecule has 0 aliphatic heterocycles. The molecule has 0 atom stereocenters. The normalized spacial score (nSPS) is 28.0. The van der Waals surface area contributed by atoms with Crippen molar-refractivity contribution in [2.75, 3.05) is 0 Å². The molecule has 1 spiro atoms. The fourth-order valence-electron chi connectivity index (χ4n) is 2.72. The molecule has 0 bridgehead atoms. The smallest absolute Gasteiger partial charge is 0.00615 e. The Kier molecular flexibility index (Phi) is 3.67. The molecule has 0 unspecified atom stereocenters. The van der Waals surface area contributed by atoms with Gasteiger partial charge in [0.2, 0.25) is 0 Å². The second kappa shape index (κ2) is 5.00.